The fourth-order valence-corrected chi connectivity index (χ4v) is 7.07. The van der Waals surface area contributed by atoms with Crippen LogP contribution in [0.4, 0.5) is 19.0 Å². The SMILES string of the molecule is C[C@@H]1CC23C1CC(OCc1c(-c4ccccc4OC(F)(F)F)noc1C1CC1)CC2N3c1cnc(C(=O)O)cn1. The highest BCUT2D eigenvalue weighted by Crippen LogP contribution is 2.68. The Bertz CT molecular complexity index is 1460. The van der Waals surface area contributed by atoms with Crippen molar-refractivity contribution in [2.45, 2.75) is 75.6 Å². The van der Waals surface area contributed by atoms with Crippen LogP contribution in [-0.4, -0.2) is 50.2 Å². The second-order valence-corrected chi connectivity index (χ2v) is 11.3. The van der Waals surface area contributed by atoms with Crippen molar-refractivity contribution in [1.29, 1.82) is 0 Å². The number of rotatable bonds is 8. The van der Waals surface area contributed by atoms with Crippen LogP contribution in [0.25, 0.3) is 11.3 Å². The number of carbonyl (C=O) groups is 1. The van der Waals surface area contributed by atoms with Crippen LogP contribution >= 0.6 is 0 Å². The van der Waals surface area contributed by atoms with Gasteiger partial charge in [-0.05, 0) is 56.1 Å². The summed E-state index contributed by atoms with van der Waals surface area (Å²) in [6.07, 6.45) is 2.43. The van der Waals surface area contributed by atoms with Crippen LogP contribution < -0.4 is 9.64 Å². The molecule has 3 saturated carbocycles. The Morgan fingerprint density at radius 2 is 2.00 bits per heavy atom. The number of anilines is 1. The van der Waals surface area contributed by atoms with Gasteiger partial charge in [0.2, 0.25) is 0 Å². The van der Waals surface area contributed by atoms with Crippen molar-refractivity contribution >= 4 is 11.8 Å². The number of hydrogen-bond donors (Lipinski definition) is 1. The van der Waals surface area contributed by atoms with Gasteiger partial charge in [-0.3, -0.25) is 0 Å². The predicted molar refractivity (Wildman–Crippen MR) is 134 cm³/mol. The summed E-state index contributed by atoms with van der Waals surface area (Å²) in [6.45, 7) is 2.40. The van der Waals surface area contributed by atoms with Crippen LogP contribution in [0.15, 0.2) is 41.2 Å². The van der Waals surface area contributed by atoms with Gasteiger partial charge < -0.3 is 24.0 Å². The molecule has 1 N–H and O–H groups in total. The molecule has 4 aliphatic rings. The molecule has 40 heavy (non-hydrogen) atoms. The molecule has 1 saturated heterocycles. The molecule has 4 unspecified atom stereocenters. The van der Waals surface area contributed by atoms with E-state index in [0.717, 1.165) is 32.1 Å². The number of alkyl halides is 3. The summed E-state index contributed by atoms with van der Waals surface area (Å²) < 4.78 is 55.7. The van der Waals surface area contributed by atoms with Crippen molar-refractivity contribution in [3.05, 3.63) is 53.7 Å². The summed E-state index contributed by atoms with van der Waals surface area (Å²) in [4.78, 5) is 21.9. The number of carboxylic acids is 1. The van der Waals surface area contributed by atoms with E-state index in [0.29, 0.717) is 34.7 Å². The van der Waals surface area contributed by atoms with Gasteiger partial charge in [0, 0.05) is 17.0 Å². The van der Waals surface area contributed by atoms with Gasteiger partial charge >= 0.3 is 12.3 Å². The number of nitrogens with zero attached hydrogens (tertiary/aromatic N) is 4. The Hall–Kier alpha value is -3.67. The molecule has 0 radical (unpaired) electrons. The fourth-order valence-electron chi connectivity index (χ4n) is 7.07. The van der Waals surface area contributed by atoms with Crippen molar-refractivity contribution in [3.8, 4) is 17.0 Å². The number of aromatic carboxylic acids is 1. The largest absolute Gasteiger partial charge is 0.573 e. The van der Waals surface area contributed by atoms with Crippen LogP contribution in [0.2, 0.25) is 0 Å². The molecule has 3 aromatic rings. The van der Waals surface area contributed by atoms with E-state index >= 15 is 0 Å². The van der Waals surface area contributed by atoms with E-state index in [1.54, 1.807) is 12.1 Å². The van der Waals surface area contributed by atoms with Crippen LogP contribution in [0, 0.1) is 11.8 Å². The van der Waals surface area contributed by atoms with E-state index in [4.69, 9.17) is 14.4 Å². The zero-order chi connectivity index (χ0) is 27.8. The van der Waals surface area contributed by atoms with Gasteiger partial charge in [-0.25, -0.2) is 14.8 Å². The van der Waals surface area contributed by atoms with E-state index in [1.807, 2.05) is 0 Å². The monoisotopic (exact) mass is 556 g/mol. The third-order valence-corrected chi connectivity index (χ3v) is 8.95. The molecular formula is C28H27F3N4O5. The van der Waals surface area contributed by atoms with Crippen molar-refractivity contribution in [2.24, 2.45) is 11.8 Å². The molecule has 4 fully saturated rings. The van der Waals surface area contributed by atoms with Crippen LogP contribution in [-0.2, 0) is 11.3 Å². The Morgan fingerprint density at radius 1 is 1.20 bits per heavy atom. The van der Waals surface area contributed by atoms with Crippen LogP contribution in [0.5, 0.6) is 5.75 Å². The quantitative estimate of drug-likeness (QED) is 0.356. The summed E-state index contributed by atoms with van der Waals surface area (Å²) in [7, 11) is 0. The van der Waals surface area contributed by atoms with E-state index in [-0.39, 0.29) is 47.2 Å². The fraction of sp³-hybridized carbons (Fsp3) is 0.500. The van der Waals surface area contributed by atoms with Gasteiger partial charge in [0.15, 0.2) is 5.69 Å². The third-order valence-electron chi connectivity index (χ3n) is 8.95. The maximum atomic E-state index is 13.1. The number of ether oxygens (including phenoxy) is 2. The summed E-state index contributed by atoms with van der Waals surface area (Å²) in [5, 5.41) is 13.3. The first-order valence-electron chi connectivity index (χ1n) is 13.5. The summed E-state index contributed by atoms with van der Waals surface area (Å²) in [6, 6.07) is 6.15. The lowest BCUT2D eigenvalue weighted by molar-refractivity contribution is -0.274. The highest BCUT2D eigenvalue weighted by molar-refractivity contribution is 5.85. The second-order valence-electron chi connectivity index (χ2n) is 11.3. The molecule has 2 aromatic heterocycles. The van der Waals surface area contributed by atoms with Gasteiger partial charge in [-0.2, -0.15) is 0 Å². The normalized spacial score (nSPS) is 28.9. The van der Waals surface area contributed by atoms with Crippen molar-refractivity contribution in [3.63, 3.8) is 0 Å². The maximum Gasteiger partial charge on any atom is 0.573 e. The van der Waals surface area contributed by atoms with E-state index in [1.165, 1.54) is 24.5 Å². The van der Waals surface area contributed by atoms with Crippen molar-refractivity contribution in [2.75, 3.05) is 4.90 Å². The van der Waals surface area contributed by atoms with Gasteiger partial charge in [-0.15, -0.1) is 13.2 Å². The average molecular weight is 557 g/mol. The maximum absolute atomic E-state index is 13.1. The first kappa shape index (κ1) is 25.3. The Morgan fingerprint density at radius 3 is 2.67 bits per heavy atom. The van der Waals surface area contributed by atoms with E-state index in [2.05, 4.69) is 31.7 Å². The number of benzene rings is 1. The number of halogens is 3. The van der Waals surface area contributed by atoms with Gasteiger partial charge in [0.25, 0.3) is 0 Å². The standard InChI is InChI=1S/C28H27F3N4O5/c1-14-10-27-19(14)8-16(9-22(27)35(27)23-12-32-20(11-33-23)26(36)37)38-13-18-24(34-40-25(18)15-6-7-15)17-4-2-3-5-21(17)39-28(29,30)31/h2-5,11-12,14-16,19,22H,6-10,13H2,1H3,(H,36,37)/t14-,16?,19?,22?,27?,35?/m1/s1. The molecule has 1 aromatic carbocycles. The minimum Gasteiger partial charge on any atom is -0.476 e. The molecule has 5 atom stereocenters. The Kier molecular flexibility index (Phi) is 5.64. The van der Waals surface area contributed by atoms with E-state index < -0.39 is 12.3 Å². The Labute approximate surface area is 227 Å². The topological polar surface area (TPSA) is 111 Å². The van der Waals surface area contributed by atoms with Crippen molar-refractivity contribution in [1.82, 2.24) is 15.1 Å². The lowest BCUT2D eigenvalue weighted by atomic mass is 9.58. The van der Waals surface area contributed by atoms with Crippen LogP contribution in [0.3, 0.4) is 0 Å². The molecule has 210 valence electrons. The predicted octanol–water partition coefficient (Wildman–Crippen LogP) is 5.57. The van der Waals surface area contributed by atoms with Gasteiger partial charge in [-0.1, -0.05) is 24.2 Å². The molecule has 1 aliphatic heterocycles. The first-order valence-corrected chi connectivity index (χ1v) is 13.5. The lowest BCUT2D eigenvalue weighted by Crippen LogP contribution is -2.51. The molecule has 3 aliphatic carbocycles. The summed E-state index contributed by atoms with van der Waals surface area (Å²) >= 11 is 0. The summed E-state index contributed by atoms with van der Waals surface area (Å²) in [5.74, 6) is 0.976. The molecule has 0 bridgehead atoms. The molecule has 7 rings (SSSR count). The number of aromatic nitrogens is 3. The number of carboxylic acid groups (broad SMARTS) is 1. The third kappa shape index (κ3) is 4.11. The average Bonchev–Trinajstić information content (AvgIpc) is 3.82. The molecule has 3 heterocycles. The van der Waals surface area contributed by atoms with E-state index in [9.17, 15) is 18.0 Å². The smallest absolute Gasteiger partial charge is 0.476 e. The summed E-state index contributed by atoms with van der Waals surface area (Å²) in [5.41, 5.74) is 1.10. The molecule has 9 nitrogen and oxygen atoms in total. The Balaban J connectivity index is 1.12. The second kappa shape index (κ2) is 8.92. The minimum absolute atomic E-state index is 0.00804. The lowest BCUT2D eigenvalue weighted by Gasteiger charge is -2.48. The highest BCUT2D eigenvalue weighted by atomic mass is 19.4. The minimum atomic E-state index is -4.83. The molecule has 0 amide bonds. The molecular weight excluding hydrogens is 529 g/mol. The molecule has 12 heteroatoms. The van der Waals surface area contributed by atoms with Gasteiger partial charge in [0.1, 0.15) is 23.0 Å². The molecule has 1 spiro atoms. The van der Waals surface area contributed by atoms with Gasteiger partial charge in [0.05, 0.1) is 36.7 Å². The number of hydrogen-bond acceptors (Lipinski definition) is 8. The van der Waals surface area contributed by atoms with Crippen molar-refractivity contribution < 1.29 is 37.1 Å². The number of para-hydroxylation sites is 1. The van der Waals surface area contributed by atoms with Crippen LogP contribution in [0.1, 0.15) is 66.8 Å². The highest BCUT2D eigenvalue weighted by Gasteiger charge is 2.75. The zero-order valence-corrected chi connectivity index (χ0v) is 21.6. The zero-order valence-electron chi connectivity index (χ0n) is 21.6. The first-order chi connectivity index (χ1) is 19.2.